The van der Waals surface area contributed by atoms with Crippen molar-refractivity contribution >= 4 is 5.91 Å². The number of aromatic amines is 1. The Morgan fingerprint density at radius 3 is 2.58 bits per heavy atom. The normalized spacial score (nSPS) is 17.6. The van der Waals surface area contributed by atoms with Gasteiger partial charge in [0.05, 0.1) is 0 Å². The molecular weight excluding hydrogens is 300 g/mol. The fraction of sp³-hybridized carbons (Fsp3) is 0.474. The van der Waals surface area contributed by atoms with Gasteiger partial charge in [0.2, 0.25) is 0 Å². The third kappa shape index (κ3) is 4.03. The fourth-order valence-corrected chi connectivity index (χ4v) is 3.48. The molecule has 0 aliphatic carbocycles. The van der Waals surface area contributed by atoms with Crippen LogP contribution in [0, 0.1) is 5.41 Å². The molecule has 1 aromatic heterocycles. The molecular formula is C19H26N4O. The molecule has 1 saturated heterocycles. The van der Waals surface area contributed by atoms with Crippen molar-refractivity contribution in [1.29, 1.82) is 0 Å². The number of benzene rings is 1. The van der Waals surface area contributed by atoms with Crippen molar-refractivity contribution in [3.8, 4) is 0 Å². The molecule has 2 heterocycles. The molecule has 1 aromatic carbocycles. The van der Waals surface area contributed by atoms with E-state index in [-0.39, 0.29) is 11.3 Å². The average molecular weight is 326 g/mol. The Morgan fingerprint density at radius 1 is 1.25 bits per heavy atom. The third-order valence-electron chi connectivity index (χ3n) is 5.01. The van der Waals surface area contributed by atoms with Gasteiger partial charge >= 0.3 is 0 Å². The van der Waals surface area contributed by atoms with Crippen LogP contribution in [-0.2, 0) is 6.54 Å². The molecule has 24 heavy (non-hydrogen) atoms. The van der Waals surface area contributed by atoms with Crippen LogP contribution in [0.15, 0.2) is 42.6 Å². The van der Waals surface area contributed by atoms with Crippen molar-refractivity contribution in [2.24, 2.45) is 5.41 Å². The summed E-state index contributed by atoms with van der Waals surface area (Å²) in [4.78, 5) is 16.7. The summed E-state index contributed by atoms with van der Waals surface area (Å²) in [5.41, 5.74) is 2.10. The number of nitrogens with zero attached hydrogens (tertiary/aromatic N) is 3. The second-order valence-electron chi connectivity index (χ2n) is 7.20. The number of carbonyl (C=O) groups excluding carboxylic acids is 1. The minimum atomic E-state index is 0.0143. The van der Waals surface area contributed by atoms with Gasteiger partial charge in [0, 0.05) is 26.3 Å². The zero-order chi connectivity index (χ0) is 17.0. The Bertz CT molecular complexity index is 645. The Hall–Kier alpha value is -2.14. The number of nitrogens with one attached hydrogen (secondary N) is 1. The molecule has 0 spiro atoms. The lowest BCUT2D eigenvalue weighted by molar-refractivity contribution is 0.0569. The van der Waals surface area contributed by atoms with Crippen LogP contribution >= 0.6 is 0 Å². The average Bonchev–Trinajstić information content (AvgIpc) is 3.12. The van der Waals surface area contributed by atoms with Crippen LogP contribution < -0.4 is 0 Å². The van der Waals surface area contributed by atoms with Gasteiger partial charge in [0.15, 0.2) is 0 Å². The van der Waals surface area contributed by atoms with E-state index < -0.39 is 0 Å². The fourth-order valence-electron chi connectivity index (χ4n) is 3.48. The molecule has 3 rings (SSSR count). The van der Waals surface area contributed by atoms with Gasteiger partial charge in [-0.05, 0) is 43.0 Å². The second kappa shape index (κ2) is 7.18. The second-order valence-corrected chi connectivity index (χ2v) is 7.20. The van der Waals surface area contributed by atoms with E-state index in [1.54, 1.807) is 12.3 Å². The molecule has 0 radical (unpaired) electrons. The largest absolute Gasteiger partial charge is 0.340 e. The van der Waals surface area contributed by atoms with Gasteiger partial charge in [0.25, 0.3) is 5.91 Å². The summed E-state index contributed by atoms with van der Waals surface area (Å²) in [7, 11) is 1.88. The number of amides is 1. The van der Waals surface area contributed by atoms with Gasteiger partial charge in [0.1, 0.15) is 5.69 Å². The predicted octanol–water partition coefficient (Wildman–Crippen LogP) is 2.78. The topological polar surface area (TPSA) is 52.2 Å². The summed E-state index contributed by atoms with van der Waals surface area (Å²) in [6, 6.07) is 12.3. The number of H-pyrrole nitrogens is 1. The quantitative estimate of drug-likeness (QED) is 0.919. The van der Waals surface area contributed by atoms with Crippen LogP contribution in [0.3, 0.4) is 0 Å². The molecule has 2 aromatic rings. The molecule has 1 N–H and O–H groups in total. The van der Waals surface area contributed by atoms with E-state index in [1.807, 2.05) is 11.9 Å². The molecule has 5 heteroatoms. The van der Waals surface area contributed by atoms with Crippen LogP contribution in [0.5, 0.6) is 0 Å². The SMILES string of the molecule is CN(CC1(C)CCN(Cc2ccccc2)CC1)C(=O)c1ccn[nH]1. The molecule has 0 unspecified atom stereocenters. The summed E-state index contributed by atoms with van der Waals surface area (Å²) < 4.78 is 0. The Labute approximate surface area is 143 Å². The molecule has 0 bridgehead atoms. The van der Waals surface area contributed by atoms with E-state index >= 15 is 0 Å². The summed E-state index contributed by atoms with van der Waals surface area (Å²) in [5.74, 6) is 0.0143. The minimum absolute atomic E-state index is 0.0143. The number of hydrogen-bond donors (Lipinski definition) is 1. The summed E-state index contributed by atoms with van der Waals surface area (Å²) in [6.07, 6.45) is 3.84. The summed E-state index contributed by atoms with van der Waals surface area (Å²) >= 11 is 0. The van der Waals surface area contributed by atoms with E-state index in [9.17, 15) is 4.79 Å². The highest BCUT2D eigenvalue weighted by Gasteiger charge is 2.32. The highest BCUT2D eigenvalue weighted by atomic mass is 16.2. The molecule has 1 aliphatic heterocycles. The van der Waals surface area contributed by atoms with E-state index in [0.717, 1.165) is 39.0 Å². The number of piperidine rings is 1. The highest BCUT2D eigenvalue weighted by molar-refractivity contribution is 5.91. The first-order valence-electron chi connectivity index (χ1n) is 8.57. The van der Waals surface area contributed by atoms with Gasteiger partial charge in [-0.2, -0.15) is 5.10 Å². The molecule has 1 fully saturated rings. The Balaban J connectivity index is 1.52. The number of rotatable bonds is 5. The number of hydrogen-bond acceptors (Lipinski definition) is 3. The molecule has 0 saturated carbocycles. The molecule has 0 atom stereocenters. The molecule has 1 aliphatic rings. The van der Waals surface area contributed by atoms with Gasteiger partial charge < -0.3 is 4.90 Å². The first-order chi connectivity index (χ1) is 11.6. The van der Waals surface area contributed by atoms with Gasteiger partial charge in [-0.3, -0.25) is 14.8 Å². The van der Waals surface area contributed by atoms with Crippen molar-refractivity contribution in [2.45, 2.75) is 26.3 Å². The lowest BCUT2D eigenvalue weighted by Gasteiger charge is -2.41. The monoisotopic (exact) mass is 326 g/mol. The summed E-state index contributed by atoms with van der Waals surface area (Å²) in [5, 5.41) is 6.61. The Kier molecular flexibility index (Phi) is 5.00. The van der Waals surface area contributed by atoms with Gasteiger partial charge in [-0.25, -0.2) is 0 Å². The first kappa shape index (κ1) is 16.7. The maximum atomic E-state index is 12.4. The number of carbonyl (C=O) groups is 1. The van der Waals surface area contributed by atoms with Crippen molar-refractivity contribution in [1.82, 2.24) is 20.0 Å². The predicted molar refractivity (Wildman–Crippen MR) is 94.6 cm³/mol. The lowest BCUT2D eigenvalue weighted by atomic mass is 9.79. The van der Waals surface area contributed by atoms with Crippen molar-refractivity contribution in [3.63, 3.8) is 0 Å². The van der Waals surface area contributed by atoms with Crippen molar-refractivity contribution < 1.29 is 4.79 Å². The smallest absolute Gasteiger partial charge is 0.271 e. The highest BCUT2D eigenvalue weighted by Crippen LogP contribution is 2.32. The molecule has 1 amide bonds. The minimum Gasteiger partial charge on any atom is -0.340 e. The number of likely N-dealkylation sites (tertiary alicyclic amines) is 1. The maximum Gasteiger partial charge on any atom is 0.271 e. The zero-order valence-corrected chi connectivity index (χ0v) is 14.5. The zero-order valence-electron chi connectivity index (χ0n) is 14.5. The molecule has 5 nitrogen and oxygen atoms in total. The first-order valence-corrected chi connectivity index (χ1v) is 8.57. The number of aromatic nitrogens is 2. The van der Waals surface area contributed by atoms with Gasteiger partial charge in [-0.1, -0.05) is 37.3 Å². The van der Waals surface area contributed by atoms with Crippen LogP contribution in [0.4, 0.5) is 0 Å². The van der Waals surface area contributed by atoms with E-state index in [2.05, 4.69) is 52.4 Å². The van der Waals surface area contributed by atoms with Crippen molar-refractivity contribution in [2.75, 3.05) is 26.7 Å². The van der Waals surface area contributed by atoms with Crippen LogP contribution in [0.2, 0.25) is 0 Å². The van der Waals surface area contributed by atoms with Crippen LogP contribution in [0.1, 0.15) is 35.8 Å². The van der Waals surface area contributed by atoms with Crippen LogP contribution in [0.25, 0.3) is 0 Å². The third-order valence-corrected chi connectivity index (χ3v) is 5.01. The Morgan fingerprint density at radius 2 is 1.96 bits per heavy atom. The molecule has 128 valence electrons. The maximum absolute atomic E-state index is 12.4. The summed E-state index contributed by atoms with van der Waals surface area (Å²) in [6.45, 7) is 6.25. The van der Waals surface area contributed by atoms with E-state index in [1.165, 1.54) is 5.56 Å². The van der Waals surface area contributed by atoms with E-state index in [0.29, 0.717) is 5.69 Å². The lowest BCUT2D eigenvalue weighted by Crippen LogP contribution is -2.45. The van der Waals surface area contributed by atoms with Gasteiger partial charge in [-0.15, -0.1) is 0 Å². The van der Waals surface area contributed by atoms with Crippen molar-refractivity contribution in [3.05, 3.63) is 53.9 Å². The standard InChI is InChI=1S/C19H26N4O/c1-19(15-22(2)18(24)17-8-11-20-21-17)9-12-23(13-10-19)14-16-6-4-3-5-7-16/h3-8,11H,9-10,12-15H2,1-2H3,(H,20,21). The van der Waals surface area contributed by atoms with Crippen LogP contribution in [-0.4, -0.2) is 52.6 Å². The van der Waals surface area contributed by atoms with E-state index in [4.69, 9.17) is 0 Å².